The highest BCUT2D eigenvalue weighted by Crippen LogP contribution is 2.21. The highest BCUT2D eigenvalue weighted by Gasteiger charge is 2.13. The quantitative estimate of drug-likeness (QED) is 0.413. The standard InChI is InChI=1S/C16H23N3O2/c1-13(2)7-5-3-4-6-10-18-15-8-9-16(19(20)21)14(11-15)12-17/h8-9,11,13,18H,3-7,10H2,1-2H3. The summed E-state index contributed by atoms with van der Waals surface area (Å²) >= 11 is 0. The molecular formula is C16H23N3O2. The van der Waals surface area contributed by atoms with Gasteiger partial charge in [-0.1, -0.05) is 39.5 Å². The number of nitriles is 1. The molecule has 5 nitrogen and oxygen atoms in total. The van der Waals surface area contributed by atoms with Gasteiger partial charge in [0.2, 0.25) is 0 Å². The summed E-state index contributed by atoms with van der Waals surface area (Å²) in [5.74, 6) is 0.771. The van der Waals surface area contributed by atoms with E-state index in [4.69, 9.17) is 5.26 Å². The van der Waals surface area contributed by atoms with Crippen LogP contribution in [0.15, 0.2) is 18.2 Å². The molecule has 1 rings (SSSR count). The van der Waals surface area contributed by atoms with Crippen LogP contribution in [0.3, 0.4) is 0 Å². The molecule has 0 spiro atoms. The van der Waals surface area contributed by atoms with Gasteiger partial charge in [-0.2, -0.15) is 5.26 Å². The van der Waals surface area contributed by atoms with E-state index in [0.717, 1.165) is 24.6 Å². The van der Waals surface area contributed by atoms with Gasteiger partial charge in [-0.15, -0.1) is 0 Å². The Morgan fingerprint density at radius 1 is 1.29 bits per heavy atom. The topological polar surface area (TPSA) is 79.0 Å². The summed E-state index contributed by atoms with van der Waals surface area (Å²) < 4.78 is 0. The number of hydrogen-bond acceptors (Lipinski definition) is 4. The van der Waals surface area contributed by atoms with Crippen molar-refractivity contribution in [3.63, 3.8) is 0 Å². The van der Waals surface area contributed by atoms with Crippen molar-refractivity contribution in [2.75, 3.05) is 11.9 Å². The molecule has 0 radical (unpaired) electrons. The highest BCUT2D eigenvalue weighted by molar-refractivity contribution is 5.58. The van der Waals surface area contributed by atoms with Crippen molar-refractivity contribution in [3.05, 3.63) is 33.9 Å². The summed E-state index contributed by atoms with van der Waals surface area (Å²) in [5.41, 5.74) is 0.720. The maximum Gasteiger partial charge on any atom is 0.287 e. The number of nitro groups is 1. The lowest BCUT2D eigenvalue weighted by atomic mass is 10.0. The van der Waals surface area contributed by atoms with Crippen molar-refractivity contribution in [2.24, 2.45) is 5.92 Å². The second-order valence-corrected chi connectivity index (χ2v) is 5.62. The van der Waals surface area contributed by atoms with Gasteiger partial charge in [-0.05, 0) is 24.5 Å². The molecule has 0 bridgehead atoms. The van der Waals surface area contributed by atoms with E-state index in [2.05, 4.69) is 19.2 Å². The molecule has 21 heavy (non-hydrogen) atoms. The van der Waals surface area contributed by atoms with Crippen molar-refractivity contribution in [2.45, 2.75) is 46.0 Å². The van der Waals surface area contributed by atoms with Crippen molar-refractivity contribution in [1.29, 1.82) is 5.26 Å². The molecule has 0 aliphatic carbocycles. The molecule has 0 saturated heterocycles. The van der Waals surface area contributed by atoms with Gasteiger partial charge >= 0.3 is 0 Å². The average Bonchev–Trinajstić information content (AvgIpc) is 2.45. The van der Waals surface area contributed by atoms with Gasteiger partial charge in [-0.3, -0.25) is 10.1 Å². The number of hydrogen-bond donors (Lipinski definition) is 1. The van der Waals surface area contributed by atoms with Gasteiger partial charge in [0, 0.05) is 18.3 Å². The summed E-state index contributed by atoms with van der Waals surface area (Å²) in [4.78, 5) is 10.2. The molecule has 0 amide bonds. The van der Waals surface area contributed by atoms with Crippen LogP contribution < -0.4 is 5.32 Å². The number of unbranched alkanes of at least 4 members (excludes halogenated alkanes) is 3. The van der Waals surface area contributed by atoms with Crippen LogP contribution in [0.4, 0.5) is 11.4 Å². The SMILES string of the molecule is CC(C)CCCCCCNc1ccc([N+](=O)[O-])c(C#N)c1. The van der Waals surface area contributed by atoms with Crippen LogP contribution in [0.2, 0.25) is 0 Å². The molecule has 5 heteroatoms. The molecule has 0 aromatic heterocycles. The maximum absolute atomic E-state index is 10.7. The van der Waals surface area contributed by atoms with Crippen LogP contribution in [-0.4, -0.2) is 11.5 Å². The van der Waals surface area contributed by atoms with Crippen LogP contribution in [-0.2, 0) is 0 Å². The molecule has 0 atom stereocenters. The summed E-state index contributed by atoms with van der Waals surface area (Å²) in [7, 11) is 0. The Hall–Kier alpha value is -2.09. The van der Waals surface area contributed by atoms with Crippen molar-refractivity contribution in [1.82, 2.24) is 0 Å². The van der Waals surface area contributed by atoms with E-state index < -0.39 is 4.92 Å². The molecule has 0 heterocycles. The monoisotopic (exact) mass is 289 g/mol. The Morgan fingerprint density at radius 2 is 2.00 bits per heavy atom. The number of nitrogens with one attached hydrogen (secondary N) is 1. The normalized spacial score (nSPS) is 10.4. The molecule has 0 aliphatic rings. The Morgan fingerprint density at radius 3 is 2.62 bits per heavy atom. The Balaban J connectivity index is 2.33. The van der Waals surface area contributed by atoms with Crippen LogP contribution in [0.1, 0.15) is 51.5 Å². The Labute approximate surface area is 126 Å². The van der Waals surface area contributed by atoms with Crippen LogP contribution in [0.5, 0.6) is 0 Å². The molecule has 0 unspecified atom stereocenters. The van der Waals surface area contributed by atoms with Crippen LogP contribution >= 0.6 is 0 Å². The van der Waals surface area contributed by atoms with Crippen LogP contribution in [0.25, 0.3) is 0 Å². The highest BCUT2D eigenvalue weighted by atomic mass is 16.6. The van der Waals surface area contributed by atoms with Gasteiger partial charge < -0.3 is 5.32 Å². The van der Waals surface area contributed by atoms with Gasteiger partial charge in [0.05, 0.1) is 4.92 Å². The minimum atomic E-state index is -0.531. The zero-order valence-corrected chi connectivity index (χ0v) is 12.8. The van der Waals surface area contributed by atoms with E-state index in [-0.39, 0.29) is 11.3 Å². The zero-order valence-electron chi connectivity index (χ0n) is 12.8. The number of anilines is 1. The lowest BCUT2D eigenvalue weighted by molar-refractivity contribution is -0.385. The summed E-state index contributed by atoms with van der Waals surface area (Å²) in [5, 5.41) is 22.9. The molecule has 1 aromatic rings. The Kier molecular flexibility index (Phi) is 7.24. The predicted octanol–water partition coefficient (Wildman–Crippen LogP) is 4.48. The van der Waals surface area contributed by atoms with Gasteiger partial charge in [0.15, 0.2) is 0 Å². The van der Waals surface area contributed by atoms with E-state index in [1.807, 2.05) is 6.07 Å². The molecule has 1 N–H and O–H groups in total. The third-order valence-electron chi connectivity index (χ3n) is 3.35. The first-order chi connectivity index (χ1) is 10.0. The smallest absolute Gasteiger partial charge is 0.287 e. The van der Waals surface area contributed by atoms with E-state index >= 15 is 0 Å². The summed E-state index contributed by atoms with van der Waals surface area (Å²) in [6.07, 6.45) is 6.04. The van der Waals surface area contributed by atoms with Gasteiger partial charge in [0.25, 0.3) is 5.69 Å². The fraction of sp³-hybridized carbons (Fsp3) is 0.562. The molecule has 114 valence electrons. The Bertz CT molecular complexity index is 507. The second-order valence-electron chi connectivity index (χ2n) is 5.62. The summed E-state index contributed by atoms with van der Waals surface area (Å²) in [6, 6.07) is 6.43. The zero-order chi connectivity index (χ0) is 15.7. The van der Waals surface area contributed by atoms with E-state index in [1.54, 1.807) is 6.07 Å². The lowest BCUT2D eigenvalue weighted by Gasteiger charge is -2.07. The first-order valence-corrected chi connectivity index (χ1v) is 7.47. The molecule has 0 aliphatic heterocycles. The van der Waals surface area contributed by atoms with E-state index in [0.29, 0.717) is 0 Å². The van der Waals surface area contributed by atoms with E-state index in [1.165, 1.54) is 37.8 Å². The number of benzene rings is 1. The van der Waals surface area contributed by atoms with Crippen molar-refractivity contribution >= 4 is 11.4 Å². The predicted molar refractivity (Wildman–Crippen MR) is 84.2 cm³/mol. The number of nitro benzene ring substituents is 1. The minimum absolute atomic E-state index is 0.0990. The molecule has 1 aromatic carbocycles. The van der Waals surface area contributed by atoms with Gasteiger partial charge in [-0.25, -0.2) is 0 Å². The lowest BCUT2D eigenvalue weighted by Crippen LogP contribution is -2.02. The fourth-order valence-electron chi connectivity index (χ4n) is 2.16. The molecule has 0 fully saturated rings. The molecule has 0 saturated carbocycles. The number of nitrogens with zero attached hydrogens (tertiary/aromatic N) is 2. The van der Waals surface area contributed by atoms with Crippen LogP contribution in [0, 0.1) is 27.4 Å². The van der Waals surface area contributed by atoms with Gasteiger partial charge in [0.1, 0.15) is 11.6 Å². The second kappa shape index (κ2) is 8.96. The minimum Gasteiger partial charge on any atom is -0.385 e. The van der Waals surface area contributed by atoms with Crippen molar-refractivity contribution in [3.8, 4) is 6.07 Å². The number of rotatable bonds is 9. The average molecular weight is 289 g/mol. The fourth-order valence-corrected chi connectivity index (χ4v) is 2.16. The maximum atomic E-state index is 10.7. The first kappa shape index (κ1) is 17.0. The van der Waals surface area contributed by atoms with Crippen molar-refractivity contribution < 1.29 is 4.92 Å². The third kappa shape index (κ3) is 6.26. The first-order valence-electron chi connectivity index (χ1n) is 7.47. The third-order valence-corrected chi connectivity index (χ3v) is 3.35. The van der Waals surface area contributed by atoms with E-state index in [9.17, 15) is 10.1 Å². The molecular weight excluding hydrogens is 266 g/mol. The largest absolute Gasteiger partial charge is 0.385 e. The summed E-state index contributed by atoms with van der Waals surface area (Å²) in [6.45, 7) is 5.30.